The van der Waals surface area contributed by atoms with Crippen LogP contribution >= 0.6 is 23.2 Å². The minimum absolute atomic E-state index is 0.665. The van der Waals surface area contributed by atoms with Gasteiger partial charge in [0.1, 0.15) is 0 Å². The first-order valence-electron chi connectivity index (χ1n) is 4.66. The van der Waals surface area contributed by atoms with Gasteiger partial charge in [-0.15, -0.1) is 0 Å². The van der Waals surface area contributed by atoms with Crippen molar-refractivity contribution in [3.63, 3.8) is 0 Å². The van der Waals surface area contributed by atoms with Crippen LogP contribution < -0.4 is 0 Å². The van der Waals surface area contributed by atoms with Gasteiger partial charge in [-0.1, -0.05) is 49.5 Å². The predicted octanol–water partition coefficient (Wildman–Crippen LogP) is 4.51. The fraction of sp³-hybridized carbons (Fsp3) is 0.455. The topological polar surface area (TPSA) is 0 Å². The van der Waals surface area contributed by atoms with Crippen LogP contribution in [0.1, 0.15) is 31.4 Å². The van der Waals surface area contributed by atoms with Crippen molar-refractivity contribution in [1.29, 1.82) is 0 Å². The maximum absolute atomic E-state index is 6.10. The Morgan fingerprint density at radius 1 is 1.15 bits per heavy atom. The summed E-state index contributed by atoms with van der Waals surface area (Å²) in [4.78, 5) is 0. The molecule has 0 bridgehead atoms. The second kappa shape index (κ2) is 4.88. The van der Waals surface area contributed by atoms with Crippen molar-refractivity contribution < 1.29 is 0 Å². The molecule has 0 radical (unpaired) electrons. The van der Waals surface area contributed by atoms with Crippen LogP contribution in [0.4, 0.5) is 0 Å². The van der Waals surface area contributed by atoms with Gasteiger partial charge in [0.2, 0.25) is 0 Å². The van der Waals surface area contributed by atoms with Crippen molar-refractivity contribution in [2.24, 2.45) is 0 Å². The molecular weight excluding hydrogens is 203 g/mol. The van der Waals surface area contributed by atoms with E-state index in [1.165, 1.54) is 11.1 Å². The van der Waals surface area contributed by atoms with Gasteiger partial charge in [0, 0.05) is 0 Å². The molecule has 0 heterocycles. The number of hydrogen-bond donors (Lipinski definition) is 0. The number of halogens is 2. The van der Waals surface area contributed by atoms with Crippen molar-refractivity contribution in [3.05, 3.63) is 33.3 Å². The lowest BCUT2D eigenvalue weighted by atomic mass is 10.0. The van der Waals surface area contributed by atoms with Gasteiger partial charge >= 0.3 is 0 Å². The monoisotopic (exact) mass is 216 g/mol. The lowest BCUT2D eigenvalue weighted by Crippen LogP contribution is -1.93. The van der Waals surface area contributed by atoms with E-state index in [0.717, 1.165) is 24.3 Å². The average Bonchev–Trinajstić information content (AvgIpc) is 2.12. The van der Waals surface area contributed by atoms with Gasteiger partial charge in [-0.3, -0.25) is 0 Å². The first kappa shape index (κ1) is 10.9. The zero-order valence-corrected chi connectivity index (χ0v) is 9.54. The van der Waals surface area contributed by atoms with Crippen LogP contribution in [-0.2, 0) is 12.8 Å². The Morgan fingerprint density at radius 3 is 2.38 bits per heavy atom. The van der Waals surface area contributed by atoms with E-state index in [9.17, 15) is 0 Å². The molecule has 1 rings (SSSR count). The molecular formula is C11H14Cl2. The Labute approximate surface area is 89.9 Å². The van der Waals surface area contributed by atoms with Crippen LogP contribution in [0, 0.1) is 0 Å². The lowest BCUT2D eigenvalue weighted by Gasteiger charge is -2.09. The summed E-state index contributed by atoms with van der Waals surface area (Å²) >= 11 is 12.0. The Morgan fingerprint density at radius 2 is 1.85 bits per heavy atom. The molecule has 0 atom stereocenters. The molecule has 0 nitrogen and oxygen atoms in total. The fourth-order valence-electron chi connectivity index (χ4n) is 1.52. The van der Waals surface area contributed by atoms with Gasteiger partial charge < -0.3 is 0 Å². The molecule has 1 aromatic carbocycles. The molecule has 0 aliphatic carbocycles. The molecule has 0 aliphatic rings. The van der Waals surface area contributed by atoms with Crippen molar-refractivity contribution in [2.75, 3.05) is 0 Å². The van der Waals surface area contributed by atoms with Gasteiger partial charge in [0.25, 0.3) is 0 Å². The van der Waals surface area contributed by atoms with E-state index in [4.69, 9.17) is 23.2 Å². The highest BCUT2D eigenvalue weighted by molar-refractivity contribution is 6.42. The van der Waals surface area contributed by atoms with Crippen LogP contribution in [0.2, 0.25) is 10.0 Å². The summed E-state index contributed by atoms with van der Waals surface area (Å²) in [7, 11) is 0. The molecule has 0 saturated carbocycles. The third-order valence-corrected chi connectivity index (χ3v) is 3.01. The minimum Gasteiger partial charge on any atom is -0.0827 e. The zero-order valence-electron chi connectivity index (χ0n) is 8.03. The van der Waals surface area contributed by atoms with Crippen molar-refractivity contribution in [3.8, 4) is 0 Å². The summed E-state index contributed by atoms with van der Waals surface area (Å²) in [6.45, 7) is 4.28. The molecule has 0 saturated heterocycles. The molecule has 0 fully saturated rings. The quantitative estimate of drug-likeness (QED) is 0.698. The molecule has 0 unspecified atom stereocenters. The summed E-state index contributed by atoms with van der Waals surface area (Å²) < 4.78 is 0. The standard InChI is InChI=1S/C11H14Cl2/c1-3-5-8-6-7-10(12)11(13)9(8)4-2/h6-7H,3-5H2,1-2H3. The second-order valence-corrected chi connectivity index (χ2v) is 3.89. The van der Waals surface area contributed by atoms with Gasteiger partial charge in [0.05, 0.1) is 10.0 Å². The van der Waals surface area contributed by atoms with Gasteiger partial charge in [-0.25, -0.2) is 0 Å². The van der Waals surface area contributed by atoms with Crippen LogP contribution in [0.3, 0.4) is 0 Å². The number of rotatable bonds is 3. The van der Waals surface area contributed by atoms with Crippen molar-refractivity contribution >= 4 is 23.2 Å². The maximum Gasteiger partial charge on any atom is 0.0626 e. The zero-order chi connectivity index (χ0) is 9.84. The van der Waals surface area contributed by atoms with Gasteiger partial charge in [-0.2, -0.15) is 0 Å². The maximum atomic E-state index is 6.10. The first-order valence-corrected chi connectivity index (χ1v) is 5.42. The summed E-state index contributed by atoms with van der Waals surface area (Å²) in [5.41, 5.74) is 2.54. The molecule has 0 amide bonds. The SMILES string of the molecule is CCCc1ccc(Cl)c(Cl)c1CC. The number of hydrogen-bond acceptors (Lipinski definition) is 0. The summed E-state index contributed by atoms with van der Waals surface area (Å²) in [6, 6.07) is 3.96. The Balaban J connectivity index is 3.13. The normalized spacial score (nSPS) is 10.5. The van der Waals surface area contributed by atoms with E-state index in [2.05, 4.69) is 19.9 Å². The number of aryl methyl sites for hydroxylation is 1. The molecule has 0 aromatic heterocycles. The van der Waals surface area contributed by atoms with Crippen LogP contribution in [0.25, 0.3) is 0 Å². The van der Waals surface area contributed by atoms with E-state index in [1.807, 2.05) is 6.07 Å². The lowest BCUT2D eigenvalue weighted by molar-refractivity contribution is 0.899. The molecule has 13 heavy (non-hydrogen) atoms. The predicted molar refractivity (Wildman–Crippen MR) is 59.8 cm³/mol. The first-order chi connectivity index (χ1) is 6.20. The van der Waals surface area contributed by atoms with Crippen molar-refractivity contribution in [2.45, 2.75) is 33.1 Å². The Kier molecular flexibility index (Phi) is 4.08. The molecule has 0 spiro atoms. The Hall–Kier alpha value is -0.200. The summed E-state index contributed by atoms with van der Waals surface area (Å²) in [5.74, 6) is 0. The second-order valence-electron chi connectivity index (χ2n) is 3.10. The van der Waals surface area contributed by atoms with E-state index in [-0.39, 0.29) is 0 Å². The van der Waals surface area contributed by atoms with E-state index in [0.29, 0.717) is 5.02 Å². The summed E-state index contributed by atoms with van der Waals surface area (Å²) in [5, 5.41) is 1.40. The van der Waals surface area contributed by atoms with E-state index >= 15 is 0 Å². The molecule has 0 aliphatic heterocycles. The highest BCUT2D eigenvalue weighted by Crippen LogP contribution is 2.29. The average molecular weight is 217 g/mol. The smallest absolute Gasteiger partial charge is 0.0626 e. The minimum atomic E-state index is 0.665. The fourth-order valence-corrected chi connectivity index (χ4v) is 2.01. The third kappa shape index (κ3) is 2.38. The Bertz CT molecular complexity index is 292. The van der Waals surface area contributed by atoms with Crippen LogP contribution in [-0.4, -0.2) is 0 Å². The molecule has 2 heteroatoms. The van der Waals surface area contributed by atoms with E-state index in [1.54, 1.807) is 0 Å². The molecule has 0 N–H and O–H groups in total. The molecule has 1 aromatic rings. The van der Waals surface area contributed by atoms with Gasteiger partial charge in [-0.05, 0) is 30.0 Å². The third-order valence-electron chi connectivity index (χ3n) is 2.17. The van der Waals surface area contributed by atoms with Gasteiger partial charge in [0.15, 0.2) is 0 Å². The van der Waals surface area contributed by atoms with Crippen molar-refractivity contribution in [1.82, 2.24) is 0 Å². The highest BCUT2D eigenvalue weighted by Gasteiger charge is 2.07. The van der Waals surface area contributed by atoms with Crippen LogP contribution in [0.5, 0.6) is 0 Å². The van der Waals surface area contributed by atoms with E-state index < -0.39 is 0 Å². The summed E-state index contributed by atoms with van der Waals surface area (Å²) in [6.07, 6.45) is 3.18. The highest BCUT2D eigenvalue weighted by atomic mass is 35.5. The number of benzene rings is 1. The van der Waals surface area contributed by atoms with Crippen LogP contribution in [0.15, 0.2) is 12.1 Å². The molecule has 72 valence electrons. The largest absolute Gasteiger partial charge is 0.0827 e.